The molecule has 4 heterocycles. The number of hydrogen-bond acceptors (Lipinski definition) is 3. The second-order valence-corrected chi connectivity index (χ2v) is 20.6. The van der Waals surface area contributed by atoms with E-state index in [0.29, 0.717) is 23.1 Å². The number of rotatable bonds is 7. The zero-order chi connectivity index (χ0) is 43.8. The van der Waals surface area contributed by atoms with E-state index in [9.17, 15) is 5.26 Å². The summed E-state index contributed by atoms with van der Waals surface area (Å²) in [6.07, 6.45) is 0. The van der Waals surface area contributed by atoms with Crippen LogP contribution in [0.3, 0.4) is 0 Å². The minimum atomic E-state index is -2.87. The Morgan fingerprint density at radius 2 is 0.636 bits per heavy atom. The Hall–Kier alpha value is -8.83. The zero-order valence-electron chi connectivity index (χ0n) is 35.6. The van der Waals surface area contributed by atoms with Crippen molar-refractivity contribution in [2.75, 3.05) is 0 Å². The van der Waals surface area contributed by atoms with E-state index in [1.54, 1.807) is 0 Å². The molecule has 0 saturated carbocycles. The van der Waals surface area contributed by atoms with Crippen molar-refractivity contribution < 1.29 is 0 Å². The Morgan fingerprint density at radius 3 is 1.02 bits per heavy atom. The number of para-hydroxylation sites is 5. The number of nitrogens with zero attached hydrogens (tertiary/aromatic N) is 6. The third-order valence-electron chi connectivity index (χ3n) is 13.5. The summed E-state index contributed by atoms with van der Waals surface area (Å²) in [5, 5.41) is 23.2. The highest BCUT2D eigenvalue weighted by Crippen LogP contribution is 2.38. The molecule has 0 atom stereocenters. The maximum atomic E-state index is 11.5. The van der Waals surface area contributed by atoms with Crippen LogP contribution in [0.25, 0.3) is 83.0 Å². The molecule has 0 unspecified atom stereocenters. The van der Waals surface area contributed by atoms with Crippen molar-refractivity contribution in [2.45, 2.75) is 0 Å². The van der Waals surface area contributed by atoms with Gasteiger partial charge in [0.05, 0.1) is 33.1 Å². The SMILES string of the molecule is N#Cc1c(-n2c3ccccc3c3ccccc32)nc(-n2c3ccccc3c3cc([Si](c4ccccc4)(c4ccccc4)c4ccccc4)ccc32)nc1-n1c2ccccc2c2ccccc21. The topological polar surface area (TPSA) is 64.4 Å². The minimum absolute atomic E-state index is 0.379. The summed E-state index contributed by atoms with van der Waals surface area (Å²) in [7, 11) is -2.87. The van der Waals surface area contributed by atoms with Gasteiger partial charge in [-0.05, 0) is 57.1 Å². The summed E-state index contributed by atoms with van der Waals surface area (Å²) in [6.45, 7) is 0. The summed E-state index contributed by atoms with van der Waals surface area (Å²) in [5.74, 6) is 1.50. The Morgan fingerprint density at radius 1 is 0.318 bits per heavy atom. The summed E-state index contributed by atoms with van der Waals surface area (Å²) < 4.78 is 6.50. The van der Waals surface area contributed by atoms with Crippen LogP contribution in [0.5, 0.6) is 0 Å². The Bertz CT molecular complexity index is 3730. The molecule has 7 heteroatoms. The van der Waals surface area contributed by atoms with Gasteiger partial charge in [0.15, 0.2) is 19.7 Å². The van der Waals surface area contributed by atoms with Crippen molar-refractivity contribution in [3.05, 3.63) is 236 Å². The van der Waals surface area contributed by atoms with Crippen LogP contribution in [0, 0.1) is 11.3 Å². The highest BCUT2D eigenvalue weighted by atomic mass is 28.3. The van der Waals surface area contributed by atoms with Gasteiger partial charge in [0.1, 0.15) is 11.6 Å². The molecular weight excluding hydrogens is 821 g/mol. The van der Waals surface area contributed by atoms with Crippen LogP contribution in [0.2, 0.25) is 0 Å². The molecule has 0 fully saturated rings. The molecule has 0 aliphatic carbocycles. The van der Waals surface area contributed by atoms with Gasteiger partial charge in [0.2, 0.25) is 5.95 Å². The lowest BCUT2D eigenvalue weighted by molar-refractivity contribution is 0.911. The lowest BCUT2D eigenvalue weighted by atomic mass is 10.1. The van der Waals surface area contributed by atoms with Gasteiger partial charge in [-0.15, -0.1) is 0 Å². The average Bonchev–Trinajstić information content (AvgIpc) is 4.03. The first-order valence-electron chi connectivity index (χ1n) is 22.2. The molecular formula is C59H38N6Si. The van der Waals surface area contributed by atoms with Gasteiger partial charge in [-0.2, -0.15) is 15.2 Å². The standard InChI is InChI=1S/C59H38N6Si/c60-39-50-57(63-51-31-15-10-26-44(51)45-27-11-16-32-52(45)63)61-59(62-58(50)64-53-33-17-12-28-46(53)47-29-13-18-34-54(47)64)65-55-35-19-14-30-48(55)49-38-43(36-37-56(49)65)66(40-20-4-1-5-21-40,41-22-6-2-7-23-41)42-24-8-3-9-25-42/h1-38H. The molecule has 0 aliphatic heterocycles. The number of hydrogen-bond donors (Lipinski definition) is 0. The molecule has 0 N–H and O–H groups in total. The second-order valence-electron chi connectivity index (χ2n) is 16.8. The van der Waals surface area contributed by atoms with Crippen LogP contribution in [0.1, 0.15) is 5.56 Å². The Balaban J connectivity index is 1.16. The molecule has 0 aliphatic rings. The van der Waals surface area contributed by atoms with Crippen molar-refractivity contribution in [3.8, 4) is 23.7 Å². The maximum Gasteiger partial charge on any atom is 0.238 e. The molecule has 0 radical (unpaired) electrons. The highest BCUT2D eigenvalue weighted by molar-refractivity contribution is 7.20. The number of aromatic nitrogens is 5. The van der Waals surface area contributed by atoms with Gasteiger partial charge in [-0.25, -0.2) is 0 Å². The fraction of sp³-hybridized carbons (Fsp3) is 0. The van der Waals surface area contributed by atoms with Gasteiger partial charge < -0.3 is 0 Å². The summed E-state index contributed by atoms with van der Waals surface area (Å²) in [5.41, 5.74) is 6.18. The molecule has 0 amide bonds. The Kier molecular flexibility index (Phi) is 8.50. The van der Waals surface area contributed by atoms with E-state index in [1.807, 2.05) is 24.3 Å². The molecule has 6 nitrogen and oxygen atoms in total. The molecule has 308 valence electrons. The first-order chi connectivity index (χ1) is 32.7. The third kappa shape index (κ3) is 5.40. The molecule has 9 aromatic carbocycles. The van der Waals surface area contributed by atoms with E-state index in [0.717, 1.165) is 65.4 Å². The summed E-state index contributed by atoms with van der Waals surface area (Å²) in [6, 6.07) is 84.9. The Labute approximate surface area is 381 Å². The largest absolute Gasteiger partial charge is 0.292 e. The second kappa shape index (κ2) is 14.9. The van der Waals surface area contributed by atoms with Crippen LogP contribution in [0.15, 0.2) is 231 Å². The van der Waals surface area contributed by atoms with Crippen molar-refractivity contribution >= 4 is 94.2 Å². The first-order valence-corrected chi connectivity index (χ1v) is 24.2. The summed E-state index contributed by atoms with van der Waals surface area (Å²) in [4.78, 5) is 11.1. The number of nitriles is 1. The van der Waals surface area contributed by atoms with Crippen LogP contribution in [-0.4, -0.2) is 31.7 Å². The molecule has 66 heavy (non-hydrogen) atoms. The van der Waals surface area contributed by atoms with E-state index < -0.39 is 8.07 Å². The smallest absolute Gasteiger partial charge is 0.238 e. The number of fused-ring (bicyclic) bond motifs is 9. The first kappa shape index (κ1) is 37.7. The van der Waals surface area contributed by atoms with Gasteiger partial charge in [-0.3, -0.25) is 13.7 Å². The van der Waals surface area contributed by atoms with E-state index in [1.165, 1.54) is 20.7 Å². The lowest BCUT2D eigenvalue weighted by Crippen LogP contribution is -2.74. The van der Waals surface area contributed by atoms with Crippen molar-refractivity contribution in [3.63, 3.8) is 0 Å². The molecule has 0 bridgehead atoms. The molecule has 13 rings (SSSR count). The van der Waals surface area contributed by atoms with Gasteiger partial charge in [0, 0.05) is 32.3 Å². The predicted octanol–water partition coefficient (Wildman–Crippen LogP) is 11.0. The van der Waals surface area contributed by atoms with Gasteiger partial charge >= 0.3 is 0 Å². The maximum absolute atomic E-state index is 11.5. The molecule has 13 aromatic rings. The molecule has 0 spiro atoms. The van der Waals surface area contributed by atoms with Crippen molar-refractivity contribution in [1.29, 1.82) is 5.26 Å². The fourth-order valence-corrected chi connectivity index (χ4v) is 15.5. The molecule has 4 aromatic heterocycles. The molecule has 0 saturated heterocycles. The predicted molar refractivity (Wildman–Crippen MR) is 273 cm³/mol. The van der Waals surface area contributed by atoms with Crippen LogP contribution in [0.4, 0.5) is 0 Å². The van der Waals surface area contributed by atoms with Crippen LogP contribution >= 0.6 is 0 Å². The van der Waals surface area contributed by atoms with Crippen molar-refractivity contribution in [2.24, 2.45) is 0 Å². The quantitative estimate of drug-likeness (QED) is 0.118. The lowest BCUT2D eigenvalue weighted by Gasteiger charge is -2.34. The van der Waals surface area contributed by atoms with Crippen LogP contribution in [-0.2, 0) is 0 Å². The van der Waals surface area contributed by atoms with E-state index in [2.05, 4.69) is 226 Å². The minimum Gasteiger partial charge on any atom is -0.292 e. The average molecular weight is 859 g/mol. The number of benzene rings is 9. The monoisotopic (exact) mass is 858 g/mol. The van der Waals surface area contributed by atoms with Crippen LogP contribution < -0.4 is 20.7 Å². The van der Waals surface area contributed by atoms with Gasteiger partial charge in [0.25, 0.3) is 0 Å². The fourth-order valence-electron chi connectivity index (χ4n) is 10.7. The normalized spacial score (nSPS) is 11.9. The van der Waals surface area contributed by atoms with Gasteiger partial charge in [-0.1, -0.05) is 194 Å². The zero-order valence-corrected chi connectivity index (χ0v) is 36.6. The summed E-state index contributed by atoms with van der Waals surface area (Å²) >= 11 is 0. The van der Waals surface area contributed by atoms with E-state index >= 15 is 0 Å². The van der Waals surface area contributed by atoms with E-state index in [-0.39, 0.29) is 0 Å². The third-order valence-corrected chi connectivity index (χ3v) is 18.3. The van der Waals surface area contributed by atoms with E-state index in [4.69, 9.17) is 9.97 Å². The van der Waals surface area contributed by atoms with Crippen molar-refractivity contribution in [1.82, 2.24) is 23.7 Å². The highest BCUT2D eigenvalue weighted by Gasteiger charge is 2.41.